The van der Waals surface area contributed by atoms with Crippen molar-refractivity contribution in [1.82, 2.24) is 19.8 Å². The summed E-state index contributed by atoms with van der Waals surface area (Å²) in [4.78, 5) is 28.3. The highest BCUT2D eigenvalue weighted by molar-refractivity contribution is 7.03. The van der Waals surface area contributed by atoms with Crippen LogP contribution in [0.2, 0.25) is 0 Å². The third kappa shape index (κ3) is 5.73. The van der Waals surface area contributed by atoms with Gasteiger partial charge in [-0.2, -0.15) is 0 Å². The van der Waals surface area contributed by atoms with Crippen molar-refractivity contribution in [2.75, 3.05) is 6.54 Å². The summed E-state index contributed by atoms with van der Waals surface area (Å²) >= 11 is 1.12. The van der Waals surface area contributed by atoms with Crippen LogP contribution in [-0.4, -0.2) is 38.4 Å². The zero-order valence-electron chi connectivity index (χ0n) is 17.4. The molecule has 0 aliphatic heterocycles. The van der Waals surface area contributed by atoms with Crippen LogP contribution in [0.5, 0.6) is 0 Å². The fourth-order valence-electron chi connectivity index (χ4n) is 3.19. The Labute approximate surface area is 181 Å². The first-order valence-electron chi connectivity index (χ1n) is 9.84. The molecule has 1 N–H and O–H groups in total. The highest BCUT2D eigenvalue weighted by Gasteiger charge is 2.34. The first-order chi connectivity index (χ1) is 14.3. The molecule has 2 amide bonds. The second-order valence-corrected chi connectivity index (χ2v) is 8.69. The Hall–Kier alpha value is -3.06. The average molecular weight is 423 g/mol. The third-order valence-electron chi connectivity index (χ3n) is 4.50. The third-order valence-corrected chi connectivity index (χ3v) is 5.00. The van der Waals surface area contributed by atoms with Crippen molar-refractivity contribution in [2.24, 2.45) is 0 Å². The van der Waals surface area contributed by atoms with E-state index in [2.05, 4.69) is 14.9 Å². The van der Waals surface area contributed by atoms with Crippen molar-refractivity contribution in [2.45, 2.75) is 38.8 Å². The molecule has 2 aromatic carbocycles. The Balaban J connectivity index is 1.98. The van der Waals surface area contributed by atoms with E-state index in [1.165, 1.54) is 0 Å². The number of hydrogen-bond acceptors (Lipinski definition) is 5. The van der Waals surface area contributed by atoms with E-state index in [-0.39, 0.29) is 17.5 Å². The number of aromatic nitrogens is 2. The van der Waals surface area contributed by atoms with Gasteiger partial charge in [0, 0.05) is 17.5 Å². The molecular weight excluding hydrogens is 396 g/mol. The molecule has 0 saturated carbocycles. The van der Waals surface area contributed by atoms with Crippen LogP contribution in [-0.2, 0) is 11.2 Å². The Morgan fingerprint density at radius 3 is 2.23 bits per heavy atom. The van der Waals surface area contributed by atoms with E-state index in [0.717, 1.165) is 22.7 Å². The van der Waals surface area contributed by atoms with Gasteiger partial charge >= 0.3 is 0 Å². The second kappa shape index (κ2) is 9.63. The summed E-state index contributed by atoms with van der Waals surface area (Å²) < 4.78 is 3.82. The number of nitrogens with zero attached hydrogens (tertiary/aromatic N) is 3. The summed E-state index contributed by atoms with van der Waals surface area (Å²) in [6, 6.07) is 18.5. The van der Waals surface area contributed by atoms with Gasteiger partial charge in [-0.25, -0.2) is 0 Å². The minimum absolute atomic E-state index is 0.224. The summed E-state index contributed by atoms with van der Waals surface area (Å²) in [7, 11) is 0. The molecule has 1 aromatic heterocycles. The van der Waals surface area contributed by atoms with Crippen LogP contribution in [0.4, 0.5) is 0 Å². The van der Waals surface area contributed by atoms with Crippen LogP contribution in [0.15, 0.2) is 66.0 Å². The molecule has 3 rings (SSSR count). The maximum atomic E-state index is 13.4. The minimum atomic E-state index is -0.775. The van der Waals surface area contributed by atoms with Gasteiger partial charge in [0.1, 0.15) is 6.04 Å². The molecule has 1 unspecified atom stereocenters. The lowest BCUT2D eigenvalue weighted by Gasteiger charge is -2.33. The number of carbonyl (C=O) groups excluding carboxylic acids is 2. The standard InChI is InChI=1S/C23H26N4O2S/c1-23(2,3)24-21(28)20(18-12-8-5-9-13-18)27(22(29)19-16-30-26-25-19)15-14-17-10-6-4-7-11-17/h4-13,16,20H,14-15H2,1-3H3,(H,24,28). The quantitative estimate of drug-likeness (QED) is 0.627. The molecule has 6 nitrogen and oxygen atoms in total. The monoisotopic (exact) mass is 422 g/mol. The van der Waals surface area contributed by atoms with Crippen LogP contribution in [0.25, 0.3) is 0 Å². The van der Waals surface area contributed by atoms with E-state index in [4.69, 9.17) is 0 Å². The summed E-state index contributed by atoms with van der Waals surface area (Å²) in [6.07, 6.45) is 0.621. The molecular formula is C23H26N4O2S. The maximum Gasteiger partial charge on any atom is 0.276 e. The fourth-order valence-corrected chi connectivity index (χ4v) is 3.62. The molecule has 30 heavy (non-hydrogen) atoms. The zero-order valence-corrected chi connectivity index (χ0v) is 18.2. The van der Waals surface area contributed by atoms with Gasteiger partial charge in [-0.15, -0.1) is 5.10 Å². The topological polar surface area (TPSA) is 75.2 Å². The van der Waals surface area contributed by atoms with E-state index in [0.29, 0.717) is 13.0 Å². The molecule has 0 fully saturated rings. The van der Waals surface area contributed by atoms with Crippen molar-refractivity contribution in [1.29, 1.82) is 0 Å². The molecule has 0 aliphatic carbocycles. The zero-order chi connectivity index (χ0) is 21.6. The van der Waals surface area contributed by atoms with Gasteiger partial charge in [-0.3, -0.25) is 9.59 Å². The van der Waals surface area contributed by atoms with Crippen LogP contribution in [0, 0.1) is 0 Å². The number of amides is 2. The number of nitrogens with one attached hydrogen (secondary N) is 1. The maximum absolute atomic E-state index is 13.4. The van der Waals surface area contributed by atoms with Crippen LogP contribution in [0.1, 0.15) is 48.4 Å². The lowest BCUT2D eigenvalue weighted by atomic mass is 10.0. The van der Waals surface area contributed by atoms with Crippen LogP contribution in [0.3, 0.4) is 0 Å². The van der Waals surface area contributed by atoms with Crippen LogP contribution >= 0.6 is 11.5 Å². The molecule has 0 spiro atoms. The lowest BCUT2D eigenvalue weighted by molar-refractivity contribution is -0.127. The van der Waals surface area contributed by atoms with Crippen LogP contribution < -0.4 is 5.32 Å². The second-order valence-electron chi connectivity index (χ2n) is 8.08. The van der Waals surface area contributed by atoms with E-state index in [1.54, 1.807) is 10.3 Å². The van der Waals surface area contributed by atoms with Gasteiger partial charge in [0.15, 0.2) is 5.69 Å². The molecule has 0 bridgehead atoms. The van der Waals surface area contributed by atoms with E-state index < -0.39 is 11.6 Å². The summed E-state index contributed by atoms with van der Waals surface area (Å²) in [5.41, 5.74) is 1.66. The Morgan fingerprint density at radius 1 is 1.03 bits per heavy atom. The van der Waals surface area contributed by atoms with Gasteiger partial charge in [-0.1, -0.05) is 65.2 Å². The SMILES string of the molecule is CC(C)(C)NC(=O)C(c1ccccc1)N(CCc1ccccc1)C(=O)c1csnn1. The Bertz CT molecular complexity index is 954. The average Bonchev–Trinajstić information content (AvgIpc) is 3.25. The van der Waals surface area contributed by atoms with E-state index in [1.807, 2.05) is 81.4 Å². The van der Waals surface area contributed by atoms with E-state index >= 15 is 0 Å². The normalized spacial score (nSPS) is 12.2. The minimum Gasteiger partial charge on any atom is -0.349 e. The summed E-state index contributed by atoms with van der Waals surface area (Å²) in [6.45, 7) is 6.14. The van der Waals surface area contributed by atoms with Gasteiger partial charge < -0.3 is 10.2 Å². The molecule has 3 aromatic rings. The highest BCUT2D eigenvalue weighted by atomic mass is 32.1. The van der Waals surface area contributed by atoms with Gasteiger partial charge in [0.25, 0.3) is 5.91 Å². The predicted octanol–water partition coefficient (Wildman–Crippen LogP) is 3.88. The van der Waals surface area contributed by atoms with Crippen molar-refractivity contribution in [3.8, 4) is 0 Å². The Morgan fingerprint density at radius 2 is 1.67 bits per heavy atom. The number of carbonyl (C=O) groups is 2. The largest absolute Gasteiger partial charge is 0.349 e. The number of rotatable bonds is 7. The fraction of sp³-hybridized carbons (Fsp3) is 0.304. The van der Waals surface area contributed by atoms with Crippen molar-refractivity contribution in [3.63, 3.8) is 0 Å². The van der Waals surface area contributed by atoms with E-state index in [9.17, 15) is 9.59 Å². The lowest BCUT2D eigenvalue weighted by Crippen LogP contribution is -2.49. The molecule has 1 heterocycles. The summed E-state index contributed by atoms with van der Waals surface area (Å²) in [5, 5.41) is 8.59. The molecule has 1 atom stereocenters. The van der Waals surface area contributed by atoms with Crippen molar-refractivity contribution in [3.05, 3.63) is 82.9 Å². The molecule has 156 valence electrons. The molecule has 0 aliphatic rings. The smallest absolute Gasteiger partial charge is 0.276 e. The van der Waals surface area contributed by atoms with Crippen molar-refractivity contribution < 1.29 is 9.59 Å². The van der Waals surface area contributed by atoms with Gasteiger partial charge in [-0.05, 0) is 49.9 Å². The highest BCUT2D eigenvalue weighted by Crippen LogP contribution is 2.25. The number of benzene rings is 2. The van der Waals surface area contributed by atoms with Gasteiger partial charge in [0.2, 0.25) is 5.91 Å². The van der Waals surface area contributed by atoms with Gasteiger partial charge in [0.05, 0.1) is 0 Å². The Kier molecular flexibility index (Phi) is 6.95. The molecule has 0 radical (unpaired) electrons. The predicted molar refractivity (Wildman–Crippen MR) is 118 cm³/mol. The number of hydrogen-bond donors (Lipinski definition) is 1. The molecule has 7 heteroatoms. The summed E-state index contributed by atoms with van der Waals surface area (Å²) in [5.74, 6) is -0.532. The first kappa shape index (κ1) is 21.6. The van der Waals surface area contributed by atoms with Crippen molar-refractivity contribution >= 4 is 23.3 Å². The molecule has 0 saturated heterocycles. The first-order valence-corrected chi connectivity index (χ1v) is 10.7.